The van der Waals surface area contributed by atoms with Gasteiger partial charge in [-0.1, -0.05) is 17.7 Å². The van der Waals surface area contributed by atoms with Crippen LogP contribution >= 0.6 is 11.6 Å². The number of ether oxygens (including phenoxy) is 2. The lowest BCUT2D eigenvalue weighted by molar-refractivity contribution is -0.153. The fraction of sp³-hybridized carbons (Fsp3) is 0.560. The van der Waals surface area contributed by atoms with Crippen molar-refractivity contribution in [2.75, 3.05) is 10.8 Å². The molecule has 0 N–H and O–H groups in total. The first-order valence-electron chi connectivity index (χ1n) is 12.1. The Morgan fingerprint density at radius 2 is 2.00 bits per heavy atom. The van der Waals surface area contributed by atoms with E-state index in [0.717, 1.165) is 12.8 Å². The molecule has 0 saturated carbocycles. The molecule has 2 aliphatic heterocycles. The first kappa shape index (κ1) is 26.5. The smallest absolute Gasteiger partial charge is 0.310 e. The molecule has 2 aromatic rings. The molecular weight excluding hydrogens is 506 g/mol. The lowest BCUT2D eigenvalue weighted by Gasteiger charge is -2.36. The predicted octanol–water partition coefficient (Wildman–Crippen LogP) is 4.08. The van der Waals surface area contributed by atoms with E-state index in [1.807, 2.05) is 0 Å². The third-order valence-electron chi connectivity index (χ3n) is 6.09. The van der Waals surface area contributed by atoms with Gasteiger partial charge < -0.3 is 14.3 Å². The van der Waals surface area contributed by atoms with Crippen molar-refractivity contribution in [3.05, 3.63) is 34.6 Å². The quantitative estimate of drug-likeness (QED) is 0.489. The van der Waals surface area contributed by atoms with Crippen molar-refractivity contribution in [3.8, 4) is 5.75 Å². The molecule has 0 radical (unpaired) electrons. The van der Waals surface area contributed by atoms with Crippen LogP contribution in [-0.4, -0.2) is 48.2 Å². The van der Waals surface area contributed by atoms with Gasteiger partial charge in [-0.05, 0) is 71.1 Å². The molecule has 1 aromatic carbocycles. The van der Waals surface area contributed by atoms with E-state index >= 15 is 0 Å². The maximum Gasteiger partial charge on any atom is 0.310 e. The van der Waals surface area contributed by atoms with Crippen LogP contribution in [0.3, 0.4) is 0 Å². The number of rotatable bonds is 7. The summed E-state index contributed by atoms with van der Waals surface area (Å²) in [7, 11) is -4.11. The Kier molecular flexibility index (Phi) is 7.39. The molecule has 3 heterocycles. The van der Waals surface area contributed by atoms with E-state index in [1.54, 1.807) is 43.7 Å². The molecule has 0 bridgehead atoms. The lowest BCUT2D eigenvalue weighted by atomic mass is 10.1. The van der Waals surface area contributed by atoms with Crippen LogP contribution in [0.2, 0.25) is 5.15 Å². The highest BCUT2D eigenvalue weighted by molar-refractivity contribution is 7.93. The molecule has 0 saturated heterocycles. The highest BCUT2D eigenvalue weighted by Crippen LogP contribution is 2.41. The van der Waals surface area contributed by atoms with Crippen LogP contribution in [0.4, 0.5) is 5.69 Å². The lowest BCUT2D eigenvalue weighted by Crippen LogP contribution is -2.44. The van der Waals surface area contributed by atoms with Crippen LogP contribution in [0.15, 0.2) is 23.1 Å². The van der Waals surface area contributed by atoms with Crippen molar-refractivity contribution >= 4 is 39.1 Å². The number of halogens is 1. The molecule has 0 amide bonds. The summed E-state index contributed by atoms with van der Waals surface area (Å²) in [5.41, 5.74) is 0.884. The number of hydrogen-bond donors (Lipinski definition) is 0. The summed E-state index contributed by atoms with van der Waals surface area (Å²) in [5.74, 6) is -0.0506. The second kappa shape index (κ2) is 10.0. The zero-order valence-electron chi connectivity index (χ0n) is 21.0. The number of fused-ring (bicyclic) bond motifs is 2. The number of aromatic nitrogens is 2. The average molecular weight is 538 g/mol. The van der Waals surface area contributed by atoms with Crippen LogP contribution in [0.25, 0.3) is 0 Å². The number of benzene rings is 1. The highest BCUT2D eigenvalue weighted by Gasteiger charge is 2.39. The summed E-state index contributed by atoms with van der Waals surface area (Å²) >= 11 is 6.39. The molecule has 36 heavy (non-hydrogen) atoms. The van der Waals surface area contributed by atoms with Gasteiger partial charge >= 0.3 is 5.97 Å². The van der Waals surface area contributed by atoms with E-state index < -0.39 is 27.7 Å². The maximum absolute atomic E-state index is 14.1. The molecule has 11 heteroatoms. The zero-order chi connectivity index (χ0) is 26.3. The van der Waals surface area contributed by atoms with E-state index in [-0.39, 0.29) is 35.2 Å². The normalized spacial score (nSPS) is 17.7. The predicted molar refractivity (Wildman–Crippen MR) is 135 cm³/mol. The number of carbonyl (C=O) groups is 2. The molecule has 0 unspecified atom stereocenters. The number of anilines is 1. The number of Topliss-reactive ketones (excluding diaryl/α,β-unsaturated/α-hetero) is 1. The summed E-state index contributed by atoms with van der Waals surface area (Å²) in [6, 6.07) is 5.02. The molecule has 1 aromatic heterocycles. The topological polar surface area (TPSA) is 108 Å². The Balaban J connectivity index is 1.73. The third kappa shape index (κ3) is 5.70. The van der Waals surface area contributed by atoms with Gasteiger partial charge in [0.05, 0.1) is 24.3 Å². The number of aryl methyl sites for hydroxylation is 1. The molecule has 9 nitrogen and oxygen atoms in total. The molecule has 2 aliphatic rings. The monoisotopic (exact) mass is 537 g/mol. The standard InChI is InChI=1S/C25H32ClN3O6S/c1-16(30)8-10-18-15-29(36(32,33)23-19-7-5-6-12-28(19)27-24(23)26)20-13-17(9-11-21(20)34-18)14-22(31)35-25(2,3)4/h9,11,13,18H,5-8,10,12,14-15H2,1-4H3/t18-/m0/s1. The van der Waals surface area contributed by atoms with Gasteiger partial charge in [-0.25, -0.2) is 8.42 Å². The number of esters is 1. The molecule has 0 spiro atoms. The molecule has 1 atom stereocenters. The van der Waals surface area contributed by atoms with Crippen molar-refractivity contribution in [1.29, 1.82) is 0 Å². The summed E-state index contributed by atoms with van der Waals surface area (Å²) in [6.45, 7) is 7.49. The van der Waals surface area contributed by atoms with Crippen molar-refractivity contribution in [1.82, 2.24) is 9.78 Å². The average Bonchev–Trinajstić information content (AvgIpc) is 3.12. The Morgan fingerprint density at radius 3 is 2.69 bits per heavy atom. The first-order valence-corrected chi connectivity index (χ1v) is 14.0. The summed E-state index contributed by atoms with van der Waals surface area (Å²) in [5, 5.41) is 4.23. The number of carbonyl (C=O) groups excluding carboxylic acids is 2. The second-order valence-corrected chi connectivity index (χ2v) is 12.5. The van der Waals surface area contributed by atoms with Crippen LogP contribution in [0.1, 0.15) is 64.6 Å². The number of sulfonamides is 1. The van der Waals surface area contributed by atoms with Crippen LogP contribution in [0, 0.1) is 0 Å². The van der Waals surface area contributed by atoms with Gasteiger partial charge in [0.2, 0.25) is 0 Å². The molecule has 0 fully saturated rings. The SMILES string of the molecule is CC(=O)CC[C@H]1CN(S(=O)(=O)c2c(Cl)nn3c2CCCC3)c2cc(CC(=O)OC(C)(C)C)ccc2O1. The van der Waals surface area contributed by atoms with Crippen molar-refractivity contribution in [2.45, 2.75) is 89.4 Å². The maximum atomic E-state index is 14.1. The van der Waals surface area contributed by atoms with E-state index in [4.69, 9.17) is 21.1 Å². The first-order chi connectivity index (χ1) is 16.8. The van der Waals surface area contributed by atoms with E-state index in [1.165, 1.54) is 11.2 Å². The Labute approximate surface area is 216 Å². The van der Waals surface area contributed by atoms with Crippen molar-refractivity contribution in [3.63, 3.8) is 0 Å². The summed E-state index contributed by atoms with van der Waals surface area (Å²) < 4.78 is 42.6. The molecule has 4 rings (SSSR count). The Bertz CT molecular complexity index is 1280. The van der Waals surface area contributed by atoms with E-state index in [2.05, 4.69) is 5.10 Å². The van der Waals surface area contributed by atoms with Gasteiger partial charge in [0, 0.05) is 13.0 Å². The molecule has 196 valence electrons. The second-order valence-electron chi connectivity index (χ2n) is 10.3. The zero-order valence-corrected chi connectivity index (χ0v) is 22.6. The van der Waals surface area contributed by atoms with Gasteiger partial charge in [0.25, 0.3) is 10.0 Å². The van der Waals surface area contributed by atoms with Gasteiger partial charge in [-0.15, -0.1) is 0 Å². The number of nitrogens with zero attached hydrogens (tertiary/aromatic N) is 3. The van der Waals surface area contributed by atoms with Crippen LogP contribution in [0.5, 0.6) is 5.75 Å². The molecule has 0 aliphatic carbocycles. The minimum Gasteiger partial charge on any atom is -0.486 e. The summed E-state index contributed by atoms with van der Waals surface area (Å²) in [6.07, 6.45) is 2.44. The number of ketones is 1. The van der Waals surface area contributed by atoms with Crippen molar-refractivity contribution in [2.24, 2.45) is 0 Å². The minimum absolute atomic E-state index is 0.000242. The van der Waals surface area contributed by atoms with Crippen LogP contribution < -0.4 is 9.04 Å². The Hall–Kier alpha value is -2.59. The molecular formula is C25H32ClN3O6S. The van der Waals surface area contributed by atoms with E-state index in [9.17, 15) is 18.0 Å². The Morgan fingerprint density at radius 1 is 1.25 bits per heavy atom. The van der Waals surface area contributed by atoms with Gasteiger partial charge in [0.1, 0.15) is 28.1 Å². The highest BCUT2D eigenvalue weighted by atomic mass is 35.5. The summed E-state index contributed by atoms with van der Waals surface area (Å²) in [4.78, 5) is 24.0. The van der Waals surface area contributed by atoms with Gasteiger partial charge in [0.15, 0.2) is 5.15 Å². The number of hydrogen-bond acceptors (Lipinski definition) is 7. The van der Waals surface area contributed by atoms with Gasteiger partial charge in [-0.2, -0.15) is 5.10 Å². The van der Waals surface area contributed by atoms with Gasteiger partial charge in [-0.3, -0.25) is 13.8 Å². The fourth-order valence-corrected chi connectivity index (χ4v) is 6.79. The van der Waals surface area contributed by atoms with E-state index in [0.29, 0.717) is 42.1 Å². The van der Waals surface area contributed by atoms with Crippen LogP contribution in [-0.2, 0) is 43.7 Å². The largest absolute Gasteiger partial charge is 0.486 e. The fourth-order valence-electron chi connectivity index (χ4n) is 4.55. The van der Waals surface area contributed by atoms with Crippen molar-refractivity contribution < 1.29 is 27.5 Å². The third-order valence-corrected chi connectivity index (χ3v) is 8.34. The minimum atomic E-state index is -4.11.